The molecule has 304 valence electrons. The van der Waals surface area contributed by atoms with Gasteiger partial charge in [0.15, 0.2) is 0 Å². The summed E-state index contributed by atoms with van der Waals surface area (Å²) in [4.78, 5) is 23.1. The maximum atomic E-state index is 12.8. The summed E-state index contributed by atoms with van der Waals surface area (Å²) in [6, 6.07) is -0.759. The number of allylic oxidation sites excluding steroid dienone is 2. The second-order valence-corrected chi connectivity index (χ2v) is 17.5. The zero-order chi connectivity index (χ0) is 37.9. The van der Waals surface area contributed by atoms with Gasteiger partial charge < -0.3 is 19.8 Å². The van der Waals surface area contributed by atoms with Crippen molar-refractivity contribution in [3.8, 4) is 0 Å². The Kier molecular flexibility index (Phi) is 34.5. The number of aliphatic hydroxyl groups excluding tert-OH is 1. The van der Waals surface area contributed by atoms with E-state index in [1.54, 1.807) is 0 Å². The van der Waals surface area contributed by atoms with E-state index in [0.29, 0.717) is 23.9 Å². The molecular formula is C42H86N2O6P+. The van der Waals surface area contributed by atoms with Crippen LogP contribution in [0.2, 0.25) is 0 Å². The van der Waals surface area contributed by atoms with Crippen molar-refractivity contribution in [2.24, 2.45) is 0 Å². The largest absolute Gasteiger partial charge is 0.472 e. The number of quaternary nitrogens is 1. The number of hydrogen-bond acceptors (Lipinski definition) is 5. The van der Waals surface area contributed by atoms with Crippen LogP contribution in [-0.4, -0.2) is 73.4 Å². The molecule has 0 heterocycles. The van der Waals surface area contributed by atoms with Gasteiger partial charge in [-0.3, -0.25) is 13.8 Å². The minimum absolute atomic E-state index is 0.0748. The fraction of sp³-hybridized carbons (Fsp3) is 0.929. The fourth-order valence-electron chi connectivity index (χ4n) is 6.28. The number of amides is 1. The minimum Gasteiger partial charge on any atom is -0.391 e. The second kappa shape index (κ2) is 35.0. The summed E-state index contributed by atoms with van der Waals surface area (Å²) in [7, 11) is 1.61. The third-order valence-electron chi connectivity index (χ3n) is 9.76. The molecule has 1 amide bonds. The number of unbranched alkanes of at least 4 members (excludes halogenated alkanes) is 24. The number of carbonyl (C=O) groups excluding carboxylic acids is 1. The molecule has 0 rings (SSSR count). The highest BCUT2D eigenvalue weighted by atomic mass is 31.2. The molecule has 0 aromatic carbocycles. The summed E-state index contributed by atoms with van der Waals surface area (Å²) in [6.45, 7) is 4.87. The zero-order valence-corrected chi connectivity index (χ0v) is 35.3. The molecule has 0 saturated heterocycles. The van der Waals surface area contributed by atoms with Crippen molar-refractivity contribution in [2.75, 3.05) is 40.9 Å². The van der Waals surface area contributed by atoms with Gasteiger partial charge in [0.1, 0.15) is 13.2 Å². The number of rotatable bonds is 39. The Morgan fingerprint density at radius 2 is 1.06 bits per heavy atom. The van der Waals surface area contributed by atoms with E-state index in [9.17, 15) is 19.4 Å². The van der Waals surface area contributed by atoms with Crippen molar-refractivity contribution in [3.05, 3.63) is 12.2 Å². The van der Waals surface area contributed by atoms with Crippen LogP contribution in [0.5, 0.6) is 0 Å². The summed E-state index contributed by atoms with van der Waals surface area (Å²) in [5.41, 5.74) is 0. The highest BCUT2D eigenvalue weighted by Gasteiger charge is 2.28. The molecule has 3 N–H and O–H groups in total. The van der Waals surface area contributed by atoms with E-state index in [1.807, 2.05) is 21.1 Å². The van der Waals surface area contributed by atoms with E-state index in [1.165, 1.54) is 122 Å². The zero-order valence-electron chi connectivity index (χ0n) is 34.4. The van der Waals surface area contributed by atoms with Gasteiger partial charge in [0.2, 0.25) is 5.91 Å². The number of phosphoric ester groups is 1. The van der Waals surface area contributed by atoms with Crippen LogP contribution >= 0.6 is 7.82 Å². The Balaban J connectivity index is 4.39. The molecule has 0 aliphatic carbocycles. The molecule has 3 unspecified atom stereocenters. The first kappa shape index (κ1) is 50.2. The molecule has 0 spiro atoms. The van der Waals surface area contributed by atoms with E-state index in [0.717, 1.165) is 51.4 Å². The molecule has 0 saturated carbocycles. The third-order valence-corrected chi connectivity index (χ3v) is 10.7. The number of nitrogens with one attached hydrogen (secondary N) is 1. The van der Waals surface area contributed by atoms with Gasteiger partial charge in [-0.05, 0) is 38.5 Å². The van der Waals surface area contributed by atoms with Crippen LogP contribution in [0, 0.1) is 0 Å². The molecule has 3 atom stereocenters. The Labute approximate surface area is 316 Å². The molecule has 9 heteroatoms. The Hall–Kier alpha value is -0.760. The molecule has 0 aromatic rings. The second-order valence-electron chi connectivity index (χ2n) is 16.1. The molecule has 0 aliphatic heterocycles. The average Bonchev–Trinajstić information content (AvgIpc) is 3.07. The predicted molar refractivity (Wildman–Crippen MR) is 217 cm³/mol. The summed E-state index contributed by atoms with van der Waals surface area (Å²) in [6.07, 6.45) is 38.0. The van der Waals surface area contributed by atoms with Gasteiger partial charge in [0.05, 0.1) is 39.9 Å². The van der Waals surface area contributed by atoms with Gasteiger partial charge in [-0.15, -0.1) is 0 Å². The summed E-state index contributed by atoms with van der Waals surface area (Å²) in [5.74, 6) is -0.153. The smallest absolute Gasteiger partial charge is 0.391 e. The van der Waals surface area contributed by atoms with Crippen LogP contribution < -0.4 is 5.32 Å². The first-order valence-corrected chi connectivity index (χ1v) is 23.0. The molecule has 0 aliphatic rings. The molecular weight excluding hydrogens is 659 g/mol. The van der Waals surface area contributed by atoms with Crippen molar-refractivity contribution in [2.45, 2.75) is 212 Å². The average molecular weight is 746 g/mol. The number of nitrogens with zero attached hydrogens (tertiary/aromatic N) is 1. The van der Waals surface area contributed by atoms with Gasteiger partial charge >= 0.3 is 7.82 Å². The van der Waals surface area contributed by atoms with Gasteiger partial charge in [0.25, 0.3) is 0 Å². The molecule has 0 fully saturated rings. The van der Waals surface area contributed by atoms with Crippen molar-refractivity contribution < 1.29 is 32.9 Å². The maximum absolute atomic E-state index is 12.8. The lowest BCUT2D eigenvalue weighted by Gasteiger charge is -2.26. The highest BCUT2D eigenvalue weighted by molar-refractivity contribution is 7.47. The van der Waals surface area contributed by atoms with Crippen LogP contribution in [0.25, 0.3) is 0 Å². The van der Waals surface area contributed by atoms with Crippen LogP contribution in [0.1, 0.15) is 200 Å². The standard InChI is InChI=1S/C42H85N2O6P/c1-6-8-10-12-14-16-18-20-21-22-24-25-27-29-31-33-35-41(45)40(39-50-51(47,48)49-38-37-44(3,4)5)43-42(46)36-34-32-30-28-26-23-19-17-15-13-11-9-7-2/h17,19,40-41,45H,6-16,18,20-39H2,1-5H3,(H-,43,46,47,48)/p+1/b19-17-. The van der Waals surface area contributed by atoms with Gasteiger partial charge in [-0.25, -0.2) is 4.57 Å². The molecule has 8 nitrogen and oxygen atoms in total. The summed E-state index contributed by atoms with van der Waals surface area (Å²) in [5, 5.41) is 13.9. The van der Waals surface area contributed by atoms with E-state index < -0.39 is 20.0 Å². The summed E-state index contributed by atoms with van der Waals surface area (Å²) < 4.78 is 23.6. The SMILES string of the molecule is CCCCCC/C=C\CCCCCCCC(=O)NC(COP(=O)(O)OCC[N+](C)(C)C)C(O)CCCCCCCCCCCCCCCCCC. The highest BCUT2D eigenvalue weighted by Crippen LogP contribution is 2.43. The van der Waals surface area contributed by atoms with Gasteiger partial charge in [-0.2, -0.15) is 0 Å². The van der Waals surface area contributed by atoms with Gasteiger partial charge in [0, 0.05) is 6.42 Å². The molecule has 0 aromatic heterocycles. The number of carbonyl (C=O) groups is 1. The fourth-order valence-corrected chi connectivity index (χ4v) is 7.01. The maximum Gasteiger partial charge on any atom is 0.472 e. The minimum atomic E-state index is -4.31. The van der Waals surface area contributed by atoms with E-state index in [2.05, 4.69) is 31.3 Å². The lowest BCUT2D eigenvalue weighted by molar-refractivity contribution is -0.870. The molecule has 0 radical (unpaired) electrons. The van der Waals surface area contributed by atoms with Crippen LogP contribution in [-0.2, 0) is 18.4 Å². The lowest BCUT2D eigenvalue weighted by Crippen LogP contribution is -2.46. The topological polar surface area (TPSA) is 105 Å². The molecule has 0 bridgehead atoms. The van der Waals surface area contributed by atoms with Crippen molar-refractivity contribution in [3.63, 3.8) is 0 Å². The predicted octanol–water partition coefficient (Wildman–Crippen LogP) is 11.6. The third kappa shape index (κ3) is 37.4. The first-order valence-electron chi connectivity index (χ1n) is 21.6. The van der Waals surface area contributed by atoms with E-state index >= 15 is 0 Å². The Morgan fingerprint density at radius 3 is 1.53 bits per heavy atom. The Morgan fingerprint density at radius 1 is 0.647 bits per heavy atom. The number of likely N-dealkylation sites (N-methyl/N-ethyl adjacent to an activating group) is 1. The van der Waals surface area contributed by atoms with Crippen molar-refractivity contribution in [1.29, 1.82) is 0 Å². The van der Waals surface area contributed by atoms with Crippen LogP contribution in [0.15, 0.2) is 12.2 Å². The number of phosphoric acid groups is 1. The molecule has 51 heavy (non-hydrogen) atoms. The lowest BCUT2D eigenvalue weighted by atomic mass is 10.0. The summed E-state index contributed by atoms with van der Waals surface area (Å²) >= 11 is 0. The Bertz CT molecular complexity index is 850. The van der Waals surface area contributed by atoms with E-state index in [4.69, 9.17) is 9.05 Å². The van der Waals surface area contributed by atoms with Crippen LogP contribution in [0.3, 0.4) is 0 Å². The first-order chi connectivity index (χ1) is 24.5. The van der Waals surface area contributed by atoms with Crippen molar-refractivity contribution >= 4 is 13.7 Å². The van der Waals surface area contributed by atoms with Gasteiger partial charge in [-0.1, -0.05) is 167 Å². The monoisotopic (exact) mass is 746 g/mol. The van der Waals surface area contributed by atoms with E-state index in [-0.39, 0.29) is 19.1 Å². The normalized spacial score (nSPS) is 14.6. The van der Waals surface area contributed by atoms with Crippen LogP contribution in [0.4, 0.5) is 0 Å². The van der Waals surface area contributed by atoms with Crippen molar-refractivity contribution in [1.82, 2.24) is 5.32 Å². The quantitative estimate of drug-likeness (QED) is 0.0250. The number of aliphatic hydroxyl groups is 1. The number of hydrogen-bond donors (Lipinski definition) is 3.